The molecule has 0 aliphatic carbocycles. The summed E-state index contributed by atoms with van der Waals surface area (Å²) < 4.78 is 15.2. The van der Waals surface area contributed by atoms with Crippen molar-refractivity contribution < 1.29 is 33.4 Å². The van der Waals surface area contributed by atoms with Crippen LogP contribution in [0.1, 0.15) is 12.5 Å². The number of nitrogens with zero attached hydrogens (tertiary/aromatic N) is 1. The van der Waals surface area contributed by atoms with E-state index in [1.807, 2.05) is 30.3 Å². The second-order valence-corrected chi connectivity index (χ2v) is 8.16. The van der Waals surface area contributed by atoms with Gasteiger partial charge in [0, 0.05) is 11.8 Å². The van der Waals surface area contributed by atoms with Gasteiger partial charge in [-0.1, -0.05) is 43.0 Å². The Labute approximate surface area is 189 Å². The molecule has 1 aromatic carbocycles. The SMILES string of the molecule is C=CCOC(=O)C1=CS[C@H]2[C@@H]([C@@H](C)OC(=O)[C@H](Cc3ccccc3)NC(=O)OC)C(=O)N12. The maximum atomic E-state index is 12.8. The van der Waals surface area contributed by atoms with Gasteiger partial charge in [-0.05, 0) is 12.5 Å². The number of nitrogens with one attached hydrogen (secondary N) is 1. The van der Waals surface area contributed by atoms with Gasteiger partial charge in [0.1, 0.15) is 35.7 Å². The fourth-order valence-electron chi connectivity index (χ4n) is 3.45. The molecule has 0 aromatic heterocycles. The van der Waals surface area contributed by atoms with Crippen molar-refractivity contribution in [2.24, 2.45) is 5.92 Å². The molecule has 2 heterocycles. The highest BCUT2D eigenvalue weighted by molar-refractivity contribution is 8.03. The molecule has 1 aromatic rings. The van der Waals surface area contributed by atoms with Crippen LogP contribution >= 0.6 is 11.8 Å². The zero-order valence-corrected chi connectivity index (χ0v) is 18.5. The number of benzene rings is 1. The van der Waals surface area contributed by atoms with Gasteiger partial charge < -0.3 is 19.5 Å². The average molecular weight is 461 g/mol. The molecule has 0 bridgehead atoms. The molecule has 0 saturated carbocycles. The van der Waals surface area contributed by atoms with Gasteiger partial charge in [0.15, 0.2) is 0 Å². The van der Waals surface area contributed by atoms with Crippen molar-refractivity contribution in [1.29, 1.82) is 0 Å². The van der Waals surface area contributed by atoms with Gasteiger partial charge in [0.25, 0.3) is 0 Å². The van der Waals surface area contributed by atoms with E-state index in [0.717, 1.165) is 5.56 Å². The number of carbonyl (C=O) groups is 4. The minimum Gasteiger partial charge on any atom is -0.460 e. The highest BCUT2D eigenvalue weighted by Gasteiger charge is 2.57. The predicted molar refractivity (Wildman–Crippen MR) is 116 cm³/mol. The normalized spacial score (nSPS) is 20.8. The van der Waals surface area contributed by atoms with Crippen LogP contribution in [0.4, 0.5) is 4.79 Å². The van der Waals surface area contributed by atoms with Crippen LogP contribution in [0, 0.1) is 5.92 Å². The first-order chi connectivity index (χ1) is 15.4. The number of ether oxygens (including phenoxy) is 3. The van der Waals surface area contributed by atoms with Crippen LogP contribution < -0.4 is 5.32 Å². The third-order valence-corrected chi connectivity index (χ3v) is 6.20. The Balaban J connectivity index is 1.62. The topological polar surface area (TPSA) is 111 Å². The quantitative estimate of drug-likeness (QED) is 0.258. The molecule has 10 heteroatoms. The molecular weight excluding hydrogens is 436 g/mol. The van der Waals surface area contributed by atoms with Gasteiger partial charge in [-0.3, -0.25) is 9.69 Å². The summed E-state index contributed by atoms with van der Waals surface area (Å²) in [5.74, 6) is -2.25. The van der Waals surface area contributed by atoms with Crippen molar-refractivity contribution in [3.05, 3.63) is 59.7 Å². The number of methoxy groups -OCH3 is 1. The Morgan fingerprint density at radius 3 is 2.66 bits per heavy atom. The van der Waals surface area contributed by atoms with Gasteiger partial charge in [-0.25, -0.2) is 14.4 Å². The molecule has 2 aliphatic rings. The minimum atomic E-state index is -0.989. The van der Waals surface area contributed by atoms with Crippen LogP contribution in [0.3, 0.4) is 0 Å². The van der Waals surface area contributed by atoms with Gasteiger partial charge >= 0.3 is 18.0 Å². The van der Waals surface area contributed by atoms with Gasteiger partial charge in [-0.15, -0.1) is 11.8 Å². The summed E-state index contributed by atoms with van der Waals surface area (Å²) in [6.07, 6.45) is 0.109. The average Bonchev–Trinajstić information content (AvgIpc) is 3.16. The summed E-state index contributed by atoms with van der Waals surface area (Å²) in [5.41, 5.74) is 0.985. The zero-order chi connectivity index (χ0) is 23.3. The number of alkyl carbamates (subject to hydrolysis) is 1. The molecule has 1 saturated heterocycles. The lowest BCUT2D eigenvalue weighted by atomic mass is 9.92. The number of fused-ring (bicyclic) bond motifs is 1. The summed E-state index contributed by atoms with van der Waals surface area (Å²) in [7, 11) is 1.20. The Morgan fingerprint density at radius 2 is 2.00 bits per heavy atom. The minimum absolute atomic E-state index is 0.0426. The first-order valence-corrected chi connectivity index (χ1v) is 10.9. The fraction of sp³-hybridized carbons (Fsp3) is 0.364. The number of hydrogen-bond acceptors (Lipinski definition) is 8. The van der Waals surface area contributed by atoms with Gasteiger partial charge in [-0.2, -0.15) is 0 Å². The van der Waals surface area contributed by atoms with Crippen LogP contribution in [0.15, 0.2) is 54.1 Å². The Bertz CT molecular complexity index is 933. The summed E-state index contributed by atoms with van der Waals surface area (Å²) in [6, 6.07) is 8.14. The fourth-order valence-corrected chi connectivity index (χ4v) is 4.77. The Kier molecular flexibility index (Phi) is 7.57. The molecule has 3 rings (SSSR count). The Hall–Kier alpha value is -3.27. The summed E-state index contributed by atoms with van der Waals surface area (Å²) in [4.78, 5) is 50.7. The molecule has 9 nitrogen and oxygen atoms in total. The summed E-state index contributed by atoms with van der Waals surface area (Å²) in [6.45, 7) is 5.14. The van der Waals surface area contributed by atoms with Gasteiger partial charge in [0.2, 0.25) is 5.91 Å². The number of thioether (sulfide) groups is 1. The van der Waals surface area contributed by atoms with Gasteiger partial charge in [0.05, 0.1) is 7.11 Å². The number of carbonyl (C=O) groups excluding carboxylic acids is 4. The molecule has 0 spiro atoms. The Morgan fingerprint density at radius 1 is 1.28 bits per heavy atom. The molecule has 32 heavy (non-hydrogen) atoms. The molecule has 2 amide bonds. The predicted octanol–water partition coefficient (Wildman–Crippen LogP) is 1.99. The second kappa shape index (κ2) is 10.4. The number of esters is 2. The number of amides is 2. The van der Waals surface area contributed by atoms with Crippen LogP contribution in [0.2, 0.25) is 0 Å². The number of rotatable bonds is 9. The van der Waals surface area contributed by atoms with Crippen molar-refractivity contribution in [3.63, 3.8) is 0 Å². The lowest BCUT2D eigenvalue weighted by Crippen LogP contribution is -2.61. The van der Waals surface area contributed by atoms with E-state index in [1.165, 1.54) is 29.8 Å². The molecular formula is C22H24N2O7S. The molecule has 2 aliphatic heterocycles. The third-order valence-electron chi connectivity index (χ3n) is 5.06. The highest BCUT2D eigenvalue weighted by Crippen LogP contribution is 2.46. The van der Waals surface area contributed by atoms with Crippen molar-refractivity contribution in [1.82, 2.24) is 10.2 Å². The standard InChI is InChI=1S/C22H24N2O7S/c1-4-10-30-21(27)16-12-32-19-17(18(25)24(16)19)13(2)31-20(26)15(23-22(28)29-3)11-14-8-6-5-7-9-14/h4-9,12-13,15,17,19H,1,10-11H2,2-3H3,(H,23,28)/t13-,15+,17+,19+/m1/s1. The van der Waals surface area contributed by atoms with E-state index in [9.17, 15) is 19.2 Å². The van der Waals surface area contributed by atoms with E-state index in [0.29, 0.717) is 0 Å². The lowest BCUT2D eigenvalue weighted by Gasteiger charge is -2.44. The van der Waals surface area contributed by atoms with E-state index in [1.54, 1.807) is 12.3 Å². The van der Waals surface area contributed by atoms with Crippen molar-refractivity contribution in [2.75, 3.05) is 13.7 Å². The maximum absolute atomic E-state index is 12.8. The molecule has 0 unspecified atom stereocenters. The smallest absolute Gasteiger partial charge is 0.407 e. The number of β-lactam (4-membered cyclic amide) rings is 1. The van der Waals surface area contributed by atoms with E-state index >= 15 is 0 Å². The molecule has 1 N–H and O–H groups in total. The van der Waals surface area contributed by atoms with Crippen LogP contribution in [-0.2, 0) is 35.0 Å². The van der Waals surface area contributed by atoms with E-state index < -0.39 is 36.1 Å². The number of hydrogen-bond donors (Lipinski definition) is 1. The van der Waals surface area contributed by atoms with E-state index in [2.05, 4.69) is 16.6 Å². The lowest BCUT2D eigenvalue weighted by molar-refractivity contribution is -0.168. The van der Waals surface area contributed by atoms with E-state index in [4.69, 9.17) is 9.47 Å². The van der Waals surface area contributed by atoms with Crippen LogP contribution in [0.25, 0.3) is 0 Å². The highest BCUT2D eigenvalue weighted by atomic mass is 32.2. The second-order valence-electron chi connectivity index (χ2n) is 7.17. The molecule has 170 valence electrons. The molecule has 0 radical (unpaired) electrons. The third kappa shape index (κ3) is 4.96. The van der Waals surface area contributed by atoms with Crippen molar-refractivity contribution in [2.45, 2.75) is 30.9 Å². The van der Waals surface area contributed by atoms with Crippen LogP contribution in [-0.4, -0.2) is 60.1 Å². The summed E-state index contributed by atoms with van der Waals surface area (Å²) in [5, 5.41) is 3.68. The molecule has 1 fully saturated rings. The van der Waals surface area contributed by atoms with E-state index in [-0.39, 0.29) is 30.0 Å². The summed E-state index contributed by atoms with van der Waals surface area (Å²) >= 11 is 1.29. The first-order valence-electron chi connectivity index (χ1n) is 9.93. The largest absolute Gasteiger partial charge is 0.460 e. The first kappa shape index (κ1) is 23.4. The van der Waals surface area contributed by atoms with Crippen LogP contribution in [0.5, 0.6) is 0 Å². The van der Waals surface area contributed by atoms with Crippen molar-refractivity contribution >= 4 is 35.7 Å². The van der Waals surface area contributed by atoms with Crippen molar-refractivity contribution in [3.8, 4) is 0 Å². The maximum Gasteiger partial charge on any atom is 0.407 e. The molecule has 4 atom stereocenters. The zero-order valence-electron chi connectivity index (χ0n) is 17.7. The monoisotopic (exact) mass is 460 g/mol.